The minimum absolute atomic E-state index is 0.622. The molecule has 0 aliphatic carbocycles. The maximum atomic E-state index is 5.93. The van der Waals surface area contributed by atoms with Crippen molar-refractivity contribution in [2.45, 2.75) is 32.6 Å². The van der Waals surface area contributed by atoms with Crippen LogP contribution in [0.2, 0.25) is 0 Å². The molecule has 0 N–H and O–H groups in total. The number of ether oxygens (including phenoxy) is 2. The van der Waals surface area contributed by atoms with Gasteiger partial charge in [0.1, 0.15) is 11.5 Å². The molecular formula is C18H23ClO2. The quantitative estimate of drug-likeness (QED) is 0.455. The molecule has 0 atom stereocenters. The standard InChI is InChI=1S/C18H23ClO2/c1-2-3-6-13-20-17-10-11-18(21-14-7-12-19)16-9-5-4-8-15(16)17/h4-5,8-11H,2-3,6-7,12-14H2,1H3. The van der Waals surface area contributed by atoms with E-state index in [1.807, 2.05) is 24.3 Å². The van der Waals surface area contributed by atoms with Crippen molar-refractivity contribution in [2.75, 3.05) is 19.1 Å². The topological polar surface area (TPSA) is 18.5 Å². The Labute approximate surface area is 132 Å². The van der Waals surface area contributed by atoms with Crippen molar-refractivity contribution < 1.29 is 9.47 Å². The van der Waals surface area contributed by atoms with Gasteiger partial charge >= 0.3 is 0 Å². The molecule has 0 amide bonds. The third-order valence-corrected chi connectivity index (χ3v) is 3.65. The Morgan fingerprint density at radius 2 is 1.38 bits per heavy atom. The highest BCUT2D eigenvalue weighted by Crippen LogP contribution is 2.33. The highest BCUT2D eigenvalue weighted by atomic mass is 35.5. The van der Waals surface area contributed by atoms with Gasteiger partial charge < -0.3 is 9.47 Å². The Morgan fingerprint density at radius 1 is 0.810 bits per heavy atom. The Balaban J connectivity index is 2.14. The summed E-state index contributed by atoms with van der Waals surface area (Å²) in [5.74, 6) is 2.46. The van der Waals surface area contributed by atoms with E-state index in [1.165, 1.54) is 12.8 Å². The van der Waals surface area contributed by atoms with Crippen LogP contribution in [0.5, 0.6) is 11.5 Å². The summed E-state index contributed by atoms with van der Waals surface area (Å²) < 4.78 is 11.7. The van der Waals surface area contributed by atoms with E-state index >= 15 is 0 Å². The van der Waals surface area contributed by atoms with Crippen LogP contribution in [0.4, 0.5) is 0 Å². The van der Waals surface area contributed by atoms with Gasteiger partial charge in [-0.05, 0) is 25.0 Å². The van der Waals surface area contributed by atoms with Gasteiger partial charge in [-0.3, -0.25) is 0 Å². The second kappa shape index (κ2) is 8.78. The van der Waals surface area contributed by atoms with Crippen molar-refractivity contribution in [2.24, 2.45) is 0 Å². The van der Waals surface area contributed by atoms with Crippen molar-refractivity contribution in [3.8, 4) is 11.5 Å². The largest absolute Gasteiger partial charge is 0.493 e. The molecule has 0 saturated carbocycles. The van der Waals surface area contributed by atoms with Gasteiger partial charge in [-0.1, -0.05) is 44.0 Å². The summed E-state index contributed by atoms with van der Waals surface area (Å²) in [5.41, 5.74) is 0. The van der Waals surface area contributed by atoms with Crippen LogP contribution in [0, 0.1) is 0 Å². The van der Waals surface area contributed by atoms with E-state index in [0.717, 1.165) is 41.7 Å². The van der Waals surface area contributed by atoms with Crippen molar-refractivity contribution in [3.63, 3.8) is 0 Å². The number of hydrogen-bond donors (Lipinski definition) is 0. The van der Waals surface area contributed by atoms with Gasteiger partial charge in [0.2, 0.25) is 0 Å². The van der Waals surface area contributed by atoms with E-state index in [2.05, 4.69) is 19.1 Å². The third kappa shape index (κ3) is 4.53. The number of hydrogen-bond acceptors (Lipinski definition) is 2. The molecule has 114 valence electrons. The van der Waals surface area contributed by atoms with E-state index in [9.17, 15) is 0 Å². The molecule has 0 aromatic heterocycles. The number of benzene rings is 2. The molecule has 0 unspecified atom stereocenters. The minimum Gasteiger partial charge on any atom is -0.493 e. The average Bonchev–Trinajstić information content (AvgIpc) is 2.53. The predicted octanol–water partition coefficient (Wildman–Crippen LogP) is 5.42. The highest BCUT2D eigenvalue weighted by molar-refractivity contribution is 6.17. The average molecular weight is 307 g/mol. The third-order valence-electron chi connectivity index (χ3n) is 3.39. The maximum Gasteiger partial charge on any atom is 0.127 e. The van der Waals surface area contributed by atoms with Crippen molar-refractivity contribution >= 4 is 22.4 Å². The van der Waals surface area contributed by atoms with Crippen LogP contribution in [-0.4, -0.2) is 19.1 Å². The molecule has 0 spiro atoms. The zero-order chi connectivity index (χ0) is 14.9. The highest BCUT2D eigenvalue weighted by Gasteiger charge is 2.07. The van der Waals surface area contributed by atoms with Crippen LogP contribution in [-0.2, 0) is 0 Å². The summed E-state index contributed by atoms with van der Waals surface area (Å²) >= 11 is 5.69. The summed E-state index contributed by atoms with van der Waals surface area (Å²) in [6.45, 7) is 3.61. The molecule has 0 aliphatic rings. The van der Waals surface area contributed by atoms with Gasteiger partial charge in [0.25, 0.3) is 0 Å². The maximum absolute atomic E-state index is 5.93. The van der Waals surface area contributed by atoms with E-state index in [1.54, 1.807) is 0 Å². The van der Waals surface area contributed by atoms with Gasteiger partial charge in [0.15, 0.2) is 0 Å². The lowest BCUT2D eigenvalue weighted by molar-refractivity contribution is 0.307. The van der Waals surface area contributed by atoms with Gasteiger partial charge in [0.05, 0.1) is 13.2 Å². The molecule has 0 saturated heterocycles. The summed E-state index contributed by atoms with van der Waals surface area (Å²) in [4.78, 5) is 0. The first-order chi connectivity index (χ1) is 10.4. The second-order valence-corrected chi connectivity index (χ2v) is 5.43. The van der Waals surface area contributed by atoms with Crippen LogP contribution in [0.1, 0.15) is 32.6 Å². The Hall–Kier alpha value is -1.41. The number of rotatable bonds is 9. The smallest absolute Gasteiger partial charge is 0.127 e. The number of halogens is 1. The minimum atomic E-state index is 0.622. The lowest BCUT2D eigenvalue weighted by Gasteiger charge is -2.13. The monoisotopic (exact) mass is 306 g/mol. The van der Waals surface area contributed by atoms with E-state index in [4.69, 9.17) is 21.1 Å². The van der Waals surface area contributed by atoms with Crippen LogP contribution in [0.15, 0.2) is 36.4 Å². The first-order valence-corrected chi connectivity index (χ1v) is 8.23. The molecule has 0 fully saturated rings. The molecule has 3 heteroatoms. The summed E-state index contributed by atoms with van der Waals surface area (Å²) in [5, 5.41) is 2.21. The summed E-state index contributed by atoms with van der Waals surface area (Å²) in [6, 6.07) is 12.2. The Kier molecular flexibility index (Phi) is 6.68. The molecule has 2 aromatic rings. The van der Waals surface area contributed by atoms with Crippen molar-refractivity contribution in [1.82, 2.24) is 0 Å². The summed E-state index contributed by atoms with van der Waals surface area (Å²) in [6.07, 6.45) is 4.36. The normalized spacial score (nSPS) is 10.8. The van der Waals surface area contributed by atoms with Crippen molar-refractivity contribution in [3.05, 3.63) is 36.4 Å². The van der Waals surface area contributed by atoms with Gasteiger partial charge in [0, 0.05) is 16.7 Å². The number of unbranched alkanes of at least 4 members (excludes halogenated alkanes) is 2. The first-order valence-electron chi connectivity index (χ1n) is 7.70. The molecule has 2 rings (SSSR count). The van der Waals surface area contributed by atoms with Crippen molar-refractivity contribution in [1.29, 1.82) is 0 Å². The fraction of sp³-hybridized carbons (Fsp3) is 0.444. The zero-order valence-electron chi connectivity index (χ0n) is 12.6. The fourth-order valence-corrected chi connectivity index (χ4v) is 2.38. The van der Waals surface area contributed by atoms with Crippen LogP contribution >= 0.6 is 11.6 Å². The lowest BCUT2D eigenvalue weighted by atomic mass is 10.1. The summed E-state index contributed by atoms with van der Waals surface area (Å²) in [7, 11) is 0. The predicted molar refractivity (Wildman–Crippen MR) is 89.8 cm³/mol. The van der Waals surface area contributed by atoms with E-state index in [-0.39, 0.29) is 0 Å². The van der Waals surface area contributed by atoms with Gasteiger partial charge in [-0.2, -0.15) is 0 Å². The van der Waals surface area contributed by atoms with Crippen LogP contribution < -0.4 is 9.47 Å². The van der Waals surface area contributed by atoms with E-state index in [0.29, 0.717) is 12.5 Å². The number of fused-ring (bicyclic) bond motifs is 1. The molecule has 0 radical (unpaired) electrons. The molecule has 21 heavy (non-hydrogen) atoms. The van der Waals surface area contributed by atoms with Crippen LogP contribution in [0.3, 0.4) is 0 Å². The second-order valence-electron chi connectivity index (χ2n) is 5.05. The van der Waals surface area contributed by atoms with Gasteiger partial charge in [-0.25, -0.2) is 0 Å². The molecule has 2 nitrogen and oxygen atoms in total. The fourth-order valence-electron chi connectivity index (χ4n) is 2.27. The van der Waals surface area contributed by atoms with Crippen LogP contribution in [0.25, 0.3) is 10.8 Å². The molecule has 0 aliphatic heterocycles. The molecule has 0 heterocycles. The Morgan fingerprint density at radius 3 is 1.90 bits per heavy atom. The lowest BCUT2D eigenvalue weighted by Crippen LogP contribution is -2.00. The number of alkyl halides is 1. The molecular weight excluding hydrogens is 284 g/mol. The zero-order valence-corrected chi connectivity index (χ0v) is 13.4. The first kappa shape index (κ1) is 16.0. The SMILES string of the molecule is CCCCCOc1ccc(OCCCCl)c2ccccc12. The molecule has 2 aromatic carbocycles. The van der Waals surface area contributed by atoms with E-state index < -0.39 is 0 Å². The molecule has 0 bridgehead atoms. The Bertz CT molecular complexity index is 554. The van der Waals surface area contributed by atoms with Gasteiger partial charge in [-0.15, -0.1) is 11.6 Å².